The molecule has 0 aliphatic heterocycles. The first-order valence-electron chi connectivity index (χ1n) is 7.01. The van der Waals surface area contributed by atoms with E-state index in [0.717, 1.165) is 18.9 Å². The van der Waals surface area contributed by atoms with E-state index in [9.17, 15) is 0 Å². The second-order valence-corrected chi connectivity index (χ2v) is 5.74. The molecule has 1 atom stereocenters. The minimum atomic E-state index is 0.410. The van der Waals surface area contributed by atoms with Crippen molar-refractivity contribution in [1.82, 2.24) is 14.7 Å². The molecular formula is C16H28N4. The van der Waals surface area contributed by atoms with Crippen molar-refractivity contribution < 1.29 is 0 Å². The van der Waals surface area contributed by atoms with E-state index in [-0.39, 0.29) is 0 Å². The van der Waals surface area contributed by atoms with Gasteiger partial charge in [0.15, 0.2) is 5.96 Å². The van der Waals surface area contributed by atoms with Gasteiger partial charge >= 0.3 is 0 Å². The predicted octanol–water partition coefficient (Wildman–Crippen LogP) is 1.64. The summed E-state index contributed by atoms with van der Waals surface area (Å²) in [6.45, 7) is 0.799. The molecule has 1 rings (SSSR count). The first-order chi connectivity index (χ1) is 9.41. The van der Waals surface area contributed by atoms with Crippen molar-refractivity contribution in [3.05, 3.63) is 35.9 Å². The Hall–Kier alpha value is -1.55. The number of likely N-dealkylation sites (N-methyl/N-ethyl adjacent to an activating group) is 1. The van der Waals surface area contributed by atoms with Gasteiger partial charge in [0.25, 0.3) is 0 Å². The number of rotatable bonds is 5. The van der Waals surface area contributed by atoms with Crippen molar-refractivity contribution in [3.63, 3.8) is 0 Å². The second kappa shape index (κ2) is 7.90. The normalized spacial score (nSPS) is 12.2. The highest BCUT2D eigenvalue weighted by atomic mass is 15.3. The fraction of sp³-hybridized carbons (Fsp3) is 0.562. The summed E-state index contributed by atoms with van der Waals surface area (Å²) in [7, 11) is 12.4. The number of aliphatic imine (C=N–C) groups is 1. The van der Waals surface area contributed by atoms with Crippen LogP contribution in [-0.4, -0.2) is 75.5 Å². The van der Waals surface area contributed by atoms with Gasteiger partial charge in [0.2, 0.25) is 0 Å². The summed E-state index contributed by atoms with van der Waals surface area (Å²) in [5, 5.41) is 0. The Morgan fingerprint density at radius 3 is 1.95 bits per heavy atom. The zero-order valence-electron chi connectivity index (χ0n) is 13.7. The van der Waals surface area contributed by atoms with E-state index in [2.05, 4.69) is 59.1 Å². The van der Waals surface area contributed by atoms with Gasteiger partial charge in [-0.25, -0.2) is 0 Å². The molecular weight excluding hydrogens is 248 g/mol. The van der Waals surface area contributed by atoms with Gasteiger partial charge < -0.3 is 14.7 Å². The number of nitrogens with zero attached hydrogens (tertiary/aromatic N) is 4. The van der Waals surface area contributed by atoms with Crippen LogP contribution in [0, 0.1) is 0 Å². The van der Waals surface area contributed by atoms with Crippen LogP contribution in [-0.2, 0) is 6.42 Å². The monoisotopic (exact) mass is 276 g/mol. The molecule has 0 aliphatic carbocycles. The van der Waals surface area contributed by atoms with Gasteiger partial charge in [0.05, 0.1) is 6.54 Å². The fourth-order valence-corrected chi connectivity index (χ4v) is 2.17. The first-order valence-corrected chi connectivity index (χ1v) is 7.01. The van der Waals surface area contributed by atoms with Crippen molar-refractivity contribution in [3.8, 4) is 0 Å². The Labute approximate surface area is 123 Å². The molecule has 0 N–H and O–H groups in total. The van der Waals surface area contributed by atoms with Gasteiger partial charge in [0.1, 0.15) is 0 Å². The average molecular weight is 276 g/mol. The number of guanidine groups is 1. The van der Waals surface area contributed by atoms with Gasteiger partial charge in [-0.2, -0.15) is 0 Å². The van der Waals surface area contributed by atoms with E-state index in [4.69, 9.17) is 4.99 Å². The highest BCUT2D eigenvalue weighted by Crippen LogP contribution is 2.07. The molecule has 0 fully saturated rings. The molecule has 0 aromatic heterocycles. The van der Waals surface area contributed by atoms with Crippen LogP contribution in [0.15, 0.2) is 35.3 Å². The van der Waals surface area contributed by atoms with Crippen molar-refractivity contribution >= 4 is 5.96 Å². The largest absolute Gasteiger partial charge is 0.349 e. The standard InChI is InChI=1S/C16H28N4/c1-18(2)15(12-14-10-8-7-9-11-14)13-17-16(19(3)4)20(5)6/h7-11,15H,12-13H2,1-6H3. The molecule has 4 nitrogen and oxygen atoms in total. The van der Waals surface area contributed by atoms with E-state index in [1.165, 1.54) is 5.56 Å². The second-order valence-electron chi connectivity index (χ2n) is 5.74. The Kier molecular flexibility index (Phi) is 6.52. The molecule has 4 heteroatoms. The van der Waals surface area contributed by atoms with E-state index in [0.29, 0.717) is 6.04 Å². The summed E-state index contributed by atoms with van der Waals surface area (Å²) < 4.78 is 0. The van der Waals surface area contributed by atoms with Crippen LogP contribution in [0.1, 0.15) is 5.56 Å². The number of hydrogen-bond acceptors (Lipinski definition) is 2. The zero-order valence-corrected chi connectivity index (χ0v) is 13.7. The van der Waals surface area contributed by atoms with Gasteiger partial charge in [-0.15, -0.1) is 0 Å². The van der Waals surface area contributed by atoms with Crippen molar-refractivity contribution in [2.75, 3.05) is 48.8 Å². The Morgan fingerprint density at radius 1 is 0.950 bits per heavy atom. The Balaban J connectivity index is 2.75. The molecule has 0 spiro atoms. The van der Waals surface area contributed by atoms with Crippen LogP contribution >= 0.6 is 0 Å². The molecule has 0 heterocycles. The molecule has 0 radical (unpaired) electrons. The molecule has 0 saturated heterocycles. The van der Waals surface area contributed by atoms with Crippen LogP contribution in [0.3, 0.4) is 0 Å². The lowest BCUT2D eigenvalue weighted by Gasteiger charge is -2.26. The summed E-state index contributed by atoms with van der Waals surface area (Å²) in [5.41, 5.74) is 1.36. The lowest BCUT2D eigenvalue weighted by Crippen LogP contribution is -2.38. The third-order valence-corrected chi connectivity index (χ3v) is 3.29. The molecule has 1 aromatic rings. The minimum absolute atomic E-state index is 0.410. The zero-order chi connectivity index (χ0) is 15.1. The van der Waals surface area contributed by atoms with Crippen LogP contribution < -0.4 is 0 Å². The summed E-state index contributed by atoms with van der Waals surface area (Å²) in [6, 6.07) is 11.0. The molecule has 1 aromatic carbocycles. The molecule has 1 unspecified atom stereocenters. The lowest BCUT2D eigenvalue weighted by atomic mass is 10.1. The lowest BCUT2D eigenvalue weighted by molar-refractivity contribution is 0.296. The average Bonchev–Trinajstić information content (AvgIpc) is 2.37. The molecule has 0 aliphatic rings. The molecule has 0 saturated carbocycles. The summed E-state index contributed by atoms with van der Waals surface area (Å²) in [5.74, 6) is 1.00. The van der Waals surface area contributed by atoms with Crippen molar-refractivity contribution in [2.24, 2.45) is 4.99 Å². The van der Waals surface area contributed by atoms with Crippen LogP contribution in [0.2, 0.25) is 0 Å². The van der Waals surface area contributed by atoms with Crippen molar-refractivity contribution in [2.45, 2.75) is 12.5 Å². The highest BCUT2D eigenvalue weighted by molar-refractivity contribution is 5.79. The van der Waals surface area contributed by atoms with Crippen LogP contribution in [0.25, 0.3) is 0 Å². The predicted molar refractivity (Wildman–Crippen MR) is 87.3 cm³/mol. The van der Waals surface area contributed by atoms with Gasteiger partial charge in [-0.1, -0.05) is 30.3 Å². The number of benzene rings is 1. The van der Waals surface area contributed by atoms with Gasteiger partial charge in [-0.3, -0.25) is 4.99 Å². The van der Waals surface area contributed by atoms with E-state index in [1.807, 2.05) is 28.2 Å². The maximum atomic E-state index is 4.77. The maximum absolute atomic E-state index is 4.77. The summed E-state index contributed by atoms with van der Waals surface area (Å²) >= 11 is 0. The smallest absolute Gasteiger partial charge is 0.195 e. The number of hydrogen-bond donors (Lipinski definition) is 0. The van der Waals surface area contributed by atoms with E-state index < -0.39 is 0 Å². The summed E-state index contributed by atoms with van der Waals surface area (Å²) in [6.07, 6.45) is 1.02. The Bertz CT molecular complexity index is 400. The van der Waals surface area contributed by atoms with Crippen LogP contribution in [0.5, 0.6) is 0 Å². The quantitative estimate of drug-likeness (QED) is 0.603. The van der Waals surface area contributed by atoms with Gasteiger partial charge in [0, 0.05) is 34.2 Å². The highest BCUT2D eigenvalue weighted by Gasteiger charge is 2.13. The van der Waals surface area contributed by atoms with Crippen LogP contribution in [0.4, 0.5) is 0 Å². The Morgan fingerprint density at radius 2 is 1.50 bits per heavy atom. The van der Waals surface area contributed by atoms with E-state index in [1.54, 1.807) is 0 Å². The summed E-state index contributed by atoms with van der Waals surface area (Å²) in [4.78, 5) is 11.1. The topological polar surface area (TPSA) is 22.1 Å². The fourth-order valence-electron chi connectivity index (χ4n) is 2.17. The third kappa shape index (κ3) is 5.21. The molecule has 112 valence electrons. The van der Waals surface area contributed by atoms with Gasteiger partial charge in [-0.05, 0) is 26.1 Å². The maximum Gasteiger partial charge on any atom is 0.195 e. The van der Waals surface area contributed by atoms with Crippen molar-refractivity contribution in [1.29, 1.82) is 0 Å². The minimum Gasteiger partial charge on any atom is -0.349 e. The molecule has 0 bridgehead atoms. The van der Waals surface area contributed by atoms with E-state index >= 15 is 0 Å². The SMILES string of the molecule is CN(C)C(=NCC(Cc1ccccc1)N(C)C)N(C)C. The molecule has 20 heavy (non-hydrogen) atoms. The third-order valence-electron chi connectivity index (χ3n) is 3.29. The first kappa shape index (κ1) is 16.5. The molecule has 0 amide bonds.